The van der Waals surface area contributed by atoms with Crippen LogP contribution in [0.4, 0.5) is 8.78 Å². The second kappa shape index (κ2) is 13.1. The average Bonchev–Trinajstić information content (AvgIpc) is 2.61. The molecule has 5 nitrogen and oxygen atoms in total. The molecule has 1 atom stereocenters. The van der Waals surface area contributed by atoms with Crippen molar-refractivity contribution in [1.29, 1.82) is 0 Å². The predicted molar refractivity (Wildman–Crippen MR) is 121 cm³/mol. The van der Waals surface area contributed by atoms with Gasteiger partial charge in [-0.25, -0.2) is 13.8 Å². The zero-order valence-corrected chi connectivity index (χ0v) is 19.3. The second-order valence-corrected chi connectivity index (χ2v) is 7.07. The highest BCUT2D eigenvalue weighted by molar-refractivity contribution is 14.0. The molecule has 0 aromatic heterocycles. The molecule has 1 heterocycles. The van der Waals surface area contributed by atoms with Crippen LogP contribution in [0.3, 0.4) is 0 Å². The maximum atomic E-state index is 12.5. The summed E-state index contributed by atoms with van der Waals surface area (Å²) in [6.07, 6.45) is -0.627. The monoisotopic (exact) mass is 510 g/mol. The van der Waals surface area contributed by atoms with Crippen molar-refractivity contribution in [2.75, 3.05) is 32.7 Å². The van der Waals surface area contributed by atoms with Crippen LogP contribution in [0.2, 0.25) is 0 Å². The SMILES string of the molecule is CCNC(=NCC(C)Oc1cccc(C)c1)NC1CCN(CC(F)F)CC1.I. The average molecular weight is 510 g/mol. The number of aryl methyl sites for hydroxylation is 1. The van der Waals surface area contributed by atoms with Crippen LogP contribution in [0, 0.1) is 6.92 Å². The van der Waals surface area contributed by atoms with E-state index in [1.54, 1.807) is 0 Å². The molecule has 2 N–H and O–H groups in total. The minimum Gasteiger partial charge on any atom is -0.489 e. The van der Waals surface area contributed by atoms with E-state index in [0.717, 1.165) is 36.7 Å². The van der Waals surface area contributed by atoms with Crippen LogP contribution in [0.25, 0.3) is 0 Å². The number of alkyl halides is 2. The third-order valence-electron chi connectivity index (χ3n) is 4.50. The van der Waals surface area contributed by atoms with Gasteiger partial charge in [0, 0.05) is 25.7 Å². The molecule has 0 bridgehead atoms. The van der Waals surface area contributed by atoms with Gasteiger partial charge in [0.15, 0.2) is 5.96 Å². The number of halogens is 3. The lowest BCUT2D eigenvalue weighted by molar-refractivity contribution is 0.0744. The number of likely N-dealkylation sites (tertiary alicyclic amines) is 1. The molecule has 0 radical (unpaired) electrons. The number of ether oxygens (including phenoxy) is 1. The first-order valence-corrected chi connectivity index (χ1v) is 9.75. The van der Waals surface area contributed by atoms with E-state index in [-0.39, 0.29) is 42.7 Å². The number of nitrogens with one attached hydrogen (secondary N) is 2. The lowest BCUT2D eigenvalue weighted by atomic mass is 10.1. The van der Waals surface area contributed by atoms with Crippen molar-refractivity contribution in [3.8, 4) is 5.75 Å². The molecule has 0 spiro atoms. The first-order valence-electron chi connectivity index (χ1n) is 9.75. The second-order valence-electron chi connectivity index (χ2n) is 7.07. The molecule has 1 saturated heterocycles. The van der Waals surface area contributed by atoms with Crippen LogP contribution in [0.15, 0.2) is 29.3 Å². The van der Waals surface area contributed by atoms with Crippen LogP contribution >= 0.6 is 24.0 Å². The molecule has 1 aromatic rings. The van der Waals surface area contributed by atoms with Gasteiger partial charge in [0.2, 0.25) is 0 Å². The van der Waals surface area contributed by atoms with E-state index < -0.39 is 6.43 Å². The van der Waals surface area contributed by atoms with Crippen LogP contribution in [-0.2, 0) is 0 Å². The zero-order chi connectivity index (χ0) is 19.6. The van der Waals surface area contributed by atoms with Crippen molar-refractivity contribution >= 4 is 29.9 Å². The Hall–Kier alpha value is -1.16. The molecule has 1 aliphatic rings. The van der Waals surface area contributed by atoms with Crippen molar-refractivity contribution in [2.45, 2.75) is 52.2 Å². The summed E-state index contributed by atoms with van der Waals surface area (Å²) >= 11 is 0. The van der Waals surface area contributed by atoms with Crippen LogP contribution in [-0.4, -0.2) is 62.2 Å². The molecular weight excluding hydrogens is 477 g/mol. The van der Waals surface area contributed by atoms with E-state index in [1.807, 2.05) is 49.9 Å². The van der Waals surface area contributed by atoms with E-state index in [2.05, 4.69) is 15.6 Å². The fraction of sp³-hybridized carbons (Fsp3) is 0.650. The van der Waals surface area contributed by atoms with Crippen molar-refractivity contribution in [2.24, 2.45) is 4.99 Å². The van der Waals surface area contributed by atoms with E-state index in [9.17, 15) is 8.78 Å². The summed E-state index contributed by atoms with van der Waals surface area (Å²) < 4.78 is 30.9. The molecule has 1 aromatic carbocycles. The van der Waals surface area contributed by atoms with Gasteiger partial charge in [0.05, 0.1) is 13.1 Å². The van der Waals surface area contributed by atoms with Gasteiger partial charge in [-0.15, -0.1) is 24.0 Å². The Morgan fingerprint density at radius 2 is 2.04 bits per heavy atom. The first-order chi connectivity index (χ1) is 13.0. The molecule has 28 heavy (non-hydrogen) atoms. The Morgan fingerprint density at radius 1 is 1.32 bits per heavy atom. The van der Waals surface area contributed by atoms with Gasteiger partial charge in [-0.05, 0) is 51.3 Å². The molecule has 0 saturated carbocycles. The maximum absolute atomic E-state index is 12.5. The van der Waals surface area contributed by atoms with Gasteiger partial charge in [0.1, 0.15) is 11.9 Å². The number of benzene rings is 1. The quantitative estimate of drug-likeness (QED) is 0.319. The number of aliphatic imine (C=N–C) groups is 1. The molecule has 8 heteroatoms. The van der Waals surface area contributed by atoms with E-state index in [4.69, 9.17) is 4.74 Å². The van der Waals surface area contributed by atoms with E-state index in [1.165, 1.54) is 0 Å². The summed E-state index contributed by atoms with van der Waals surface area (Å²) in [6, 6.07) is 8.23. The minimum atomic E-state index is -2.26. The molecule has 1 unspecified atom stereocenters. The van der Waals surface area contributed by atoms with Gasteiger partial charge in [0.25, 0.3) is 6.43 Å². The standard InChI is InChI=1S/C20H32F2N4O.HI/c1-4-23-20(25-17-8-10-26(11-9-17)14-19(21)22)24-13-16(3)27-18-7-5-6-15(2)12-18;/h5-7,12,16-17,19H,4,8-11,13-14H2,1-3H3,(H2,23,24,25);1H. The molecule has 0 amide bonds. The number of piperidine rings is 1. The van der Waals surface area contributed by atoms with E-state index >= 15 is 0 Å². The lowest BCUT2D eigenvalue weighted by Crippen LogP contribution is -2.49. The highest BCUT2D eigenvalue weighted by Crippen LogP contribution is 2.14. The summed E-state index contributed by atoms with van der Waals surface area (Å²) in [6.45, 7) is 8.61. The first kappa shape index (κ1) is 24.9. The Bertz CT molecular complexity index is 595. The molecule has 1 aliphatic heterocycles. The molecule has 1 fully saturated rings. The summed E-state index contributed by atoms with van der Waals surface area (Å²) in [7, 11) is 0. The topological polar surface area (TPSA) is 48.9 Å². The third-order valence-corrected chi connectivity index (χ3v) is 4.50. The summed E-state index contributed by atoms with van der Waals surface area (Å²) in [4.78, 5) is 6.45. The van der Waals surface area contributed by atoms with Crippen LogP contribution in [0.1, 0.15) is 32.3 Å². The predicted octanol–water partition coefficient (Wildman–Crippen LogP) is 3.66. The van der Waals surface area contributed by atoms with E-state index in [0.29, 0.717) is 19.6 Å². The summed E-state index contributed by atoms with van der Waals surface area (Å²) in [5, 5.41) is 6.68. The van der Waals surface area contributed by atoms with Crippen molar-refractivity contribution < 1.29 is 13.5 Å². The van der Waals surface area contributed by atoms with Crippen molar-refractivity contribution in [3.05, 3.63) is 29.8 Å². The molecule has 0 aliphatic carbocycles. The minimum absolute atomic E-state index is 0. The number of rotatable bonds is 8. The van der Waals surface area contributed by atoms with Gasteiger partial charge < -0.3 is 15.4 Å². The molecule has 160 valence electrons. The number of hydrogen-bond donors (Lipinski definition) is 2. The maximum Gasteiger partial charge on any atom is 0.251 e. The van der Waals surface area contributed by atoms with Crippen LogP contribution in [0.5, 0.6) is 5.75 Å². The Morgan fingerprint density at radius 3 is 2.64 bits per heavy atom. The smallest absolute Gasteiger partial charge is 0.251 e. The summed E-state index contributed by atoms with van der Waals surface area (Å²) in [5.74, 6) is 1.60. The Labute approximate surface area is 184 Å². The van der Waals surface area contributed by atoms with Gasteiger partial charge in [-0.2, -0.15) is 0 Å². The van der Waals surface area contributed by atoms with Gasteiger partial charge in [-0.1, -0.05) is 12.1 Å². The van der Waals surface area contributed by atoms with Crippen molar-refractivity contribution in [1.82, 2.24) is 15.5 Å². The zero-order valence-electron chi connectivity index (χ0n) is 17.0. The normalized spacial score (nSPS) is 17.1. The number of guanidine groups is 1. The van der Waals surface area contributed by atoms with Crippen LogP contribution < -0.4 is 15.4 Å². The molecule has 2 rings (SSSR count). The van der Waals surface area contributed by atoms with Gasteiger partial charge in [-0.3, -0.25) is 4.90 Å². The molecular formula is C20H33F2IN4O. The highest BCUT2D eigenvalue weighted by Gasteiger charge is 2.22. The van der Waals surface area contributed by atoms with Gasteiger partial charge >= 0.3 is 0 Å². The number of nitrogens with zero attached hydrogens (tertiary/aromatic N) is 2. The highest BCUT2D eigenvalue weighted by atomic mass is 127. The fourth-order valence-electron chi connectivity index (χ4n) is 3.15. The third kappa shape index (κ3) is 9.36. The largest absolute Gasteiger partial charge is 0.489 e. The summed E-state index contributed by atoms with van der Waals surface area (Å²) in [5.41, 5.74) is 1.16. The Kier molecular flexibility index (Phi) is 11.7. The Balaban J connectivity index is 0.00000392. The fourth-order valence-corrected chi connectivity index (χ4v) is 3.15. The number of hydrogen-bond acceptors (Lipinski definition) is 3. The lowest BCUT2D eigenvalue weighted by Gasteiger charge is -2.32. The van der Waals surface area contributed by atoms with Crippen molar-refractivity contribution in [3.63, 3.8) is 0 Å².